The molecule has 2 saturated heterocycles. The lowest BCUT2D eigenvalue weighted by Crippen LogP contribution is -2.52. The van der Waals surface area contributed by atoms with E-state index in [-0.39, 0.29) is 34.2 Å². The number of nitro groups is 2. The van der Waals surface area contributed by atoms with Crippen molar-refractivity contribution in [3.63, 3.8) is 0 Å². The molecule has 2 aliphatic rings. The van der Waals surface area contributed by atoms with Gasteiger partial charge < -0.3 is 19.4 Å². The predicted molar refractivity (Wildman–Crippen MR) is 152 cm³/mol. The van der Waals surface area contributed by atoms with E-state index in [4.69, 9.17) is 17.0 Å². The van der Waals surface area contributed by atoms with Gasteiger partial charge in [-0.1, -0.05) is 0 Å². The quantitative estimate of drug-likeness (QED) is 0.225. The number of rotatable bonds is 7. The number of hydrogen-bond acceptors (Lipinski definition) is 10. The first-order chi connectivity index (χ1) is 19.2. The Hall–Kier alpha value is -4.33. The number of piperidine rings is 1. The number of nitro benzene ring substituents is 2. The number of piperazine rings is 1. The summed E-state index contributed by atoms with van der Waals surface area (Å²) in [7, 11) is 0. The van der Waals surface area contributed by atoms with Crippen LogP contribution in [0.5, 0.6) is 0 Å². The molecule has 1 N–H and O–H groups in total. The van der Waals surface area contributed by atoms with Gasteiger partial charge in [-0.25, -0.2) is 4.79 Å². The molecule has 0 unspecified atom stereocenters. The van der Waals surface area contributed by atoms with Gasteiger partial charge in [0.1, 0.15) is 11.4 Å². The fourth-order valence-electron chi connectivity index (χ4n) is 4.89. The highest BCUT2D eigenvalue weighted by molar-refractivity contribution is 7.80. The molecule has 13 nitrogen and oxygen atoms in total. The third-order valence-electron chi connectivity index (χ3n) is 6.94. The number of carbonyl (C=O) groups excluding carboxylic acids is 2. The van der Waals surface area contributed by atoms with E-state index >= 15 is 0 Å². The number of nitrogens with one attached hydrogen (secondary N) is 1. The number of benzene rings is 2. The molecule has 14 heteroatoms. The molecule has 2 heterocycles. The Bertz CT molecular complexity index is 1320. The molecule has 2 aromatic carbocycles. The standard InChI is InChI=1S/C26H30N6O7S/c1-2-39-25(34)19-7-9-21(23(17-19)32(37)38)29-12-14-30(15-13-29)26(40)27-24(33)18-6-8-20(22(16-18)31(35)36)28-10-4-3-5-11-28/h6-9,16-17H,2-5,10-15H2,1H3,(H,27,33,40). The summed E-state index contributed by atoms with van der Waals surface area (Å²) in [5.74, 6) is -1.18. The Labute approximate surface area is 236 Å². The minimum atomic E-state index is -0.630. The van der Waals surface area contributed by atoms with Gasteiger partial charge in [0.15, 0.2) is 5.11 Å². The summed E-state index contributed by atoms with van der Waals surface area (Å²) in [4.78, 5) is 52.9. The summed E-state index contributed by atoms with van der Waals surface area (Å²) in [6.07, 6.45) is 3.02. The zero-order valence-corrected chi connectivity index (χ0v) is 22.9. The lowest BCUT2D eigenvalue weighted by molar-refractivity contribution is -0.384. The molecular weight excluding hydrogens is 540 g/mol. The molecule has 0 spiro atoms. The van der Waals surface area contributed by atoms with E-state index < -0.39 is 21.7 Å². The van der Waals surface area contributed by atoms with Crippen molar-refractivity contribution in [1.29, 1.82) is 0 Å². The number of hydrogen-bond donors (Lipinski definition) is 1. The fraction of sp³-hybridized carbons (Fsp3) is 0.423. The number of carbonyl (C=O) groups is 2. The number of thiocarbonyl (C=S) groups is 1. The summed E-state index contributed by atoms with van der Waals surface area (Å²) in [5.41, 5.74) is 0.780. The van der Waals surface area contributed by atoms with E-state index in [1.165, 1.54) is 24.3 Å². The van der Waals surface area contributed by atoms with Crippen molar-refractivity contribution in [2.45, 2.75) is 26.2 Å². The zero-order valence-electron chi connectivity index (χ0n) is 22.0. The highest BCUT2D eigenvalue weighted by Gasteiger charge is 2.28. The average molecular weight is 571 g/mol. The molecule has 0 saturated carbocycles. The van der Waals surface area contributed by atoms with Crippen LogP contribution in [0.2, 0.25) is 0 Å². The van der Waals surface area contributed by atoms with E-state index in [9.17, 15) is 29.8 Å². The molecule has 0 aliphatic carbocycles. The zero-order chi connectivity index (χ0) is 28.8. The number of esters is 1. The first-order valence-corrected chi connectivity index (χ1v) is 13.4. The lowest BCUT2D eigenvalue weighted by atomic mass is 10.1. The summed E-state index contributed by atoms with van der Waals surface area (Å²) >= 11 is 5.43. The van der Waals surface area contributed by atoms with Crippen molar-refractivity contribution in [2.24, 2.45) is 0 Å². The number of ether oxygens (including phenoxy) is 1. The second kappa shape index (κ2) is 12.7. The maximum atomic E-state index is 12.9. The van der Waals surface area contributed by atoms with Gasteiger partial charge in [0.25, 0.3) is 17.3 Å². The Morgan fingerprint density at radius 1 is 0.850 bits per heavy atom. The number of anilines is 2. The Morgan fingerprint density at radius 2 is 1.38 bits per heavy atom. The summed E-state index contributed by atoms with van der Waals surface area (Å²) < 4.78 is 4.94. The minimum absolute atomic E-state index is 0.101. The Balaban J connectivity index is 1.39. The van der Waals surface area contributed by atoms with Gasteiger partial charge in [-0.05, 0) is 62.7 Å². The van der Waals surface area contributed by atoms with E-state index in [2.05, 4.69) is 5.32 Å². The molecule has 4 rings (SSSR count). The molecule has 2 aliphatic heterocycles. The first-order valence-electron chi connectivity index (χ1n) is 13.0. The third-order valence-corrected chi connectivity index (χ3v) is 7.30. The van der Waals surface area contributed by atoms with Gasteiger partial charge in [-0.15, -0.1) is 0 Å². The largest absolute Gasteiger partial charge is 0.462 e. The average Bonchev–Trinajstić information content (AvgIpc) is 2.97. The Morgan fingerprint density at radius 3 is 1.93 bits per heavy atom. The molecule has 0 radical (unpaired) electrons. The molecular formula is C26H30N6O7S. The smallest absolute Gasteiger partial charge is 0.338 e. The van der Waals surface area contributed by atoms with E-state index in [0.29, 0.717) is 37.6 Å². The van der Waals surface area contributed by atoms with Crippen molar-refractivity contribution in [2.75, 3.05) is 55.7 Å². The monoisotopic (exact) mass is 570 g/mol. The topological polar surface area (TPSA) is 151 Å². The SMILES string of the molecule is CCOC(=O)c1ccc(N2CCN(C(=S)NC(=O)c3ccc(N4CCCCC4)c([N+](=O)[O-])c3)CC2)c([N+](=O)[O-])c1. The summed E-state index contributed by atoms with van der Waals surface area (Å²) in [6.45, 7) is 4.81. The van der Waals surface area contributed by atoms with Crippen LogP contribution < -0.4 is 15.1 Å². The molecule has 0 atom stereocenters. The van der Waals surface area contributed by atoms with Crippen LogP contribution in [0.25, 0.3) is 0 Å². The normalized spacial score (nSPS) is 15.4. The van der Waals surface area contributed by atoms with Gasteiger partial charge in [-0.3, -0.25) is 30.3 Å². The second-order valence-corrected chi connectivity index (χ2v) is 9.81. The van der Waals surface area contributed by atoms with E-state index in [1.807, 2.05) is 9.80 Å². The molecule has 2 fully saturated rings. The van der Waals surface area contributed by atoms with E-state index in [1.54, 1.807) is 24.0 Å². The fourth-order valence-corrected chi connectivity index (χ4v) is 5.17. The predicted octanol–water partition coefficient (Wildman–Crippen LogP) is 3.51. The highest BCUT2D eigenvalue weighted by atomic mass is 32.1. The van der Waals surface area contributed by atoms with Gasteiger partial charge in [0.2, 0.25) is 0 Å². The van der Waals surface area contributed by atoms with Crippen molar-refractivity contribution >= 4 is 52.0 Å². The van der Waals surface area contributed by atoms with Gasteiger partial charge in [0.05, 0.1) is 22.0 Å². The maximum Gasteiger partial charge on any atom is 0.338 e. The van der Waals surface area contributed by atoms with Crippen LogP contribution in [-0.4, -0.2) is 77.6 Å². The van der Waals surface area contributed by atoms with Crippen LogP contribution in [0.15, 0.2) is 36.4 Å². The van der Waals surface area contributed by atoms with Crippen LogP contribution in [-0.2, 0) is 4.74 Å². The van der Waals surface area contributed by atoms with Crippen molar-refractivity contribution in [3.8, 4) is 0 Å². The lowest BCUT2D eigenvalue weighted by Gasteiger charge is -2.37. The van der Waals surface area contributed by atoms with Gasteiger partial charge in [-0.2, -0.15) is 0 Å². The molecule has 2 aromatic rings. The van der Waals surface area contributed by atoms with Crippen LogP contribution in [0.4, 0.5) is 22.7 Å². The maximum absolute atomic E-state index is 12.9. The van der Waals surface area contributed by atoms with E-state index in [0.717, 1.165) is 32.4 Å². The molecule has 212 valence electrons. The Kier molecular flexibility index (Phi) is 9.09. The van der Waals surface area contributed by atoms with Crippen molar-refractivity contribution in [3.05, 3.63) is 67.8 Å². The molecule has 40 heavy (non-hydrogen) atoms. The molecule has 1 amide bonds. The van der Waals surface area contributed by atoms with Crippen molar-refractivity contribution < 1.29 is 24.2 Å². The summed E-state index contributed by atoms with van der Waals surface area (Å²) in [6, 6.07) is 8.68. The van der Waals surface area contributed by atoms with Crippen LogP contribution in [0.1, 0.15) is 46.9 Å². The number of amides is 1. The van der Waals surface area contributed by atoms with Crippen LogP contribution in [0.3, 0.4) is 0 Å². The second-order valence-electron chi connectivity index (χ2n) is 9.42. The van der Waals surface area contributed by atoms with Crippen LogP contribution >= 0.6 is 12.2 Å². The molecule has 0 bridgehead atoms. The van der Waals surface area contributed by atoms with Gasteiger partial charge >= 0.3 is 5.97 Å². The first kappa shape index (κ1) is 28.7. The highest BCUT2D eigenvalue weighted by Crippen LogP contribution is 2.32. The van der Waals surface area contributed by atoms with Crippen LogP contribution in [0, 0.1) is 20.2 Å². The minimum Gasteiger partial charge on any atom is -0.462 e. The third kappa shape index (κ3) is 6.45. The van der Waals surface area contributed by atoms with Gasteiger partial charge in [0, 0.05) is 57.0 Å². The van der Waals surface area contributed by atoms with Crippen molar-refractivity contribution in [1.82, 2.24) is 10.2 Å². The molecule has 0 aromatic heterocycles. The number of nitrogens with zero attached hydrogens (tertiary/aromatic N) is 5. The summed E-state index contributed by atoms with van der Waals surface area (Å²) in [5, 5.41) is 26.3.